The Bertz CT molecular complexity index is 389. The zero-order valence-corrected chi connectivity index (χ0v) is 7.40. The van der Waals surface area contributed by atoms with Crippen molar-refractivity contribution >= 4 is 21.6 Å². The Balaban J connectivity index is 2.82. The van der Waals surface area contributed by atoms with Crippen molar-refractivity contribution in [1.29, 1.82) is 0 Å². The molecule has 2 heteroatoms. The monoisotopic (exact) mass is 163 g/mol. The first-order chi connectivity index (χ1) is 5.25. The predicted octanol–water partition coefficient (Wildman–Crippen LogP) is 2.91. The fourth-order valence-corrected chi connectivity index (χ4v) is 2.06. The molecule has 2 aromatic heterocycles. The van der Waals surface area contributed by atoms with E-state index in [0.29, 0.717) is 0 Å². The third-order valence-corrected chi connectivity index (χ3v) is 2.61. The minimum Gasteiger partial charge on any atom is -0.242 e. The average Bonchev–Trinajstić information content (AvgIpc) is 2.27. The standard InChI is InChI=1S/C9H9NS/c1-6-3-4-8-5-7(2)11-9(8)10-6/h3-5H,1-2H3. The van der Waals surface area contributed by atoms with E-state index in [0.717, 1.165) is 10.5 Å². The molecular weight excluding hydrogens is 154 g/mol. The maximum absolute atomic E-state index is 4.42. The summed E-state index contributed by atoms with van der Waals surface area (Å²) < 4.78 is 0. The van der Waals surface area contributed by atoms with E-state index >= 15 is 0 Å². The van der Waals surface area contributed by atoms with Crippen molar-refractivity contribution < 1.29 is 0 Å². The number of hydrogen-bond donors (Lipinski definition) is 0. The average molecular weight is 163 g/mol. The highest BCUT2D eigenvalue weighted by molar-refractivity contribution is 7.18. The van der Waals surface area contributed by atoms with Gasteiger partial charge in [0, 0.05) is 16.0 Å². The maximum atomic E-state index is 4.42. The highest BCUT2D eigenvalue weighted by atomic mass is 32.1. The number of aryl methyl sites for hydroxylation is 2. The minimum absolute atomic E-state index is 1.10. The van der Waals surface area contributed by atoms with Crippen molar-refractivity contribution in [1.82, 2.24) is 4.98 Å². The summed E-state index contributed by atoms with van der Waals surface area (Å²) in [6.07, 6.45) is 0. The number of hydrogen-bond acceptors (Lipinski definition) is 2. The van der Waals surface area contributed by atoms with Crippen LogP contribution in [0.1, 0.15) is 10.6 Å². The van der Waals surface area contributed by atoms with Gasteiger partial charge in [-0.1, -0.05) is 6.07 Å². The first-order valence-electron chi connectivity index (χ1n) is 3.59. The molecule has 2 aromatic rings. The van der Waals surface area contributed by atoms with Gasteiger partial charge in [-0.3, -0.25) is 0 Å². The van der Waals surface area contributed by atoms with Gasteiger partial charge in [0.15, 0.2) is 0 Å². The normalized spacial score (nSPS) is 10.7. The molecule has 0 spiro atoms. The van der Waals surface area contributed by atoms with Gasteiger partial charge in [0.2, 0.25) is 0 Å². The van der Waals surface area contributed by atoms with E-state index in [2.05, 4.69) is 30.1 Å². The molecule has 0 aromatic carbocycles. The van der Waals surface area contributed by atoms with Crippen LogP contribution in [-0.2, 0) is 0 Å². The van der Waals surface area contributed by atoms with Gasteiger partial charge >= 0.3 is 0 Å². The molecule has 56 valence electrons. The Morgan fingerprint density at radius 1 is 1.27 bits per heavy atom. The zero-order chi connectivity index (χ0) is 7.84. The largest absolute Gasteiger partial charge is 0.242 e. The van der Waals surface area contributed by atoms with Gasteiger partial charge in [-0.05, 0) is 26.0 Å². The number of fused-ring (bicyclic) bond motifs is 1. The molecule has 0 unspecified atom stereocenters. The van der Waals surface area contributed by atoms with Crippen molar-refractivity contribution in [2.24, 2.45) is 0 Å². The molecule has 0 amide bonds. The molecule has 2 rings (SSSR count). The van der Waals surface area contributed by atoms with Crippen LogP contribution in [-0.4, -0.2) is 4.98 Å². The van der Waals surface area contributed by atoms with Crippen LogP contribution in [0.25, 0.3) is 10.2 Å². The third kappa shape index (κ3) is 1.14. The van der Waals surface area contributed by atoms with Crippen LogP contribution in [0.4, 0.5) is 0 Å². The van der Waals surface area contributed by atoms with Crippen LogP contribution in [0.2, 0.25) is 0 Å². The Morgan fingerprint density at radius 2 is 2.09 bits per heavy atom. The molecule has 11 heavy (non-hydrogen) atoms. The van der Waals surface area contributed by atoms with E-state index in [-0.39, 0.29) is 0 Å². The lowest BCUT2D eigenvalue weighted by Crippen LogP contribution is -1.75. The third-order valence-electron chi connectivity index (χ3n) is 1.65. The summed E-state index contributed by atoms with van der Waals surface area (Å²) in [5.74, 6) is 0. The fourth-order valence-electron chi connectivity index (χ4n) is 1.14. The van der Waals surface area contributed by atoms with E-state index in [4.69, 9.17) is 0 Å². The summed E-state index contributed by atoms with van der Waals surface area (Å²) in [6.45, 7) is 4.14. The first-order valence-corrected chi connectivity index (χ1v) is 4.41. The SMILES string of the molecule is Cc1ccc2cc(C)sc2n1. The van der Waals surface area contributed by atoms with Gasteiger partial charge in [0.1, 0.15) is 4.83 Å². The number of pyridine rings is 1. The highest BCUT2D eigenvalue weighted by Crippen LogP contribution is 2.22. The van der Waals surface area contributed by atoms with E-state index in [1.807, 2.05) is 6.92 Å². The molecule has 0 radical (unpaired) electrons. The molecule has 0 fully saturated rings. The Hall–Kier alpha value is -0.890. The Kier molecular flexibility index (Phi) is 1.43. The molecule has 0 aliphatic heterocycles. The van der Waals surface area contributed by atoms with Gasteiger partial charge in [0.25, 0.3) is 0 Å². The van der Waals surface area contributed by atoms with Crippen molar-refractivity contribution in [3.05, 3.63) is 28.8 Å². The molecule has 0 aliphatic carbocycles. The van der Waals surface area contributed by atoms with E-state index in [1.54, 1.807) is 11.3 Å². The van der Waals surface area contributed by atoms with E-state index in [9.17, 15) is 0 Å². The van der Waals surface area contributed by atoms with Crippen molar-refractivity contribution in [3.63, 3.8) is 0 Å². The summed E-state index contributed by atoms with van der Waals surface area (Å²) in [7, 11) is 0. The Labute approximate surface area is 69.7 Å². The van der Waals surface area contributed by atoms with Gasteiger partial charge in [-0.2, -0.15) is 0 Å². The lowest BCUT2D eigenvalue weighted by Gasteiger charge is -1.89. The quantitative estimate of drug-likeness (QED) is 0.582. The summed E-state index contributed by atoms with van der Waals surface area (Å²) >= 11 is 1.76. The predicted molar refractivity (Wildman–Crippen MR) is 49.1 cm³/mol. The molecule has 0 saturated heterocycles. The highest BCUT2D eigenvalue weighted by Gasteiger charge is 1.97. The van der Waals surface area contributed by atoms with Crippen LogP contribution >= 0.6 is 11.3 Å². The lowest BCUT2D eigenvalue weighted by molar-refractivity contribution is 1.27. The van der Waals surface area contributed by atoms with E-state index < -0.39 is 0 Å². The zero-order valence-electron chi connectivity index (χ0n) is 6.59. The van der Waals surface area contributed by atoms with Crippen molar-refractivity contribution in [2.45, 2.75) is 13.8 Å². The van der Waals surface area contributed by atoms with Crippen LogP contribution in [0, 0.1) is 13.8 Å². The smallest absolute Gasteiger partial charge is 0.123 e. The molecule has 0 saturated carbocycles. The number of nitrogens with zero attached hydrogens (tertiary/aromatic N) is 1. The van der Waals surface area contributed by atoms with Gasteiger partial charge in [0.05, 0.1) is 0 Å². The van der Waals surface area contributed by atoms with Crippen LogP contribution < -0.4 is 0 Å². The lowest BCUT2D eigenvalue weighted by atomic mass is 10.3. The molecule has 0 N–H and O–H groups in total. The number of rotatable bonds is 0. The summed E-state index contributed by atoms with van der Waals surface area (Å²) in [6, 6.07) is 6.35. The Morgan fingerprint density at radius 3 is 2.91 bits per heavy atom. The van der Waals surface area contributed by atoms with Crippen LogP contribution in [0.15, 0.2) is 18.2 Å². The molecular formula is C9H9NS. The second-order valence-electron chi connectivity index (χ2n) is 2.70. The second kappa shape index (κ2) is 2.31. The minimum atomic E-state index is 1.10. The summed E-state index contributed by atoms with van der Waals surface area (Å²) in [4.78, 5) is 6.90. The topological polar surface area (TPSA) is 12.9 Å². The molecule has 2 heterocycles. The number of aromatic nitrogens is 1. The van der Waals surface area contributed by atoms with Crippen molar-refractivity contribution in [2.75, 3.05) is 0 Å². The van der Waals surface area contributed by atoms with Crippen LogP contribution in [0.5, 0.6) is 0 Å². The summed E-state index contributed by atoms with van der Waals surface area (Å²) in [5, 5.41) is 1.26. The fraction of sp³-hybridized carbons (Fsp3) is 0.222. The van der Waals surface area contributed by atoms with Gasteiger partial charge in [-0.25, -0.2) is 4.98 Å². The van der Waals surface area contributed by atoms with Crippen LogP contribution in [0.3, 0.4) is 0 Å². The van der Waals surface area contributed by atoms with Gasteiger partial charge < -0.3 is 0 Å². The summed E-state index contributed by atoms with van der Waals surface area (Å²) in [5.41, 5.74) is 1.10. The van der Waals surface area contributed by atoms with Crippen molar-refractivity contribution in [3.8, 4) is 0 Å². The molecule has 1 nitrogen and oxygen atoms in total. The van der Waals surface area contributed by atoms with E-state index in [1.165, 1.54) is 10.3 Å². The molecule has 0 aliphatic rings. The molecule has 0 atom stereocenters. The number of thiophene rings is 1. The first kappa shape index (κ1) is 6.80. The van der Waals surface area contributed by atoms with Gasteiger partial charge in [-0.15, -0.1) is 11.3 Å². The molecule has 0 bridgehead atoms. The maximum Gasteiger partial charge on any atom is 0.123 e. The second-order valence-corrected chi connectivity index (χ2v) is 3.94.